The van der Waals surface area contributed by atoms with E-state index in [0.717, 1.165) is 30.2 Å². The second kappa shape index (κ2) is 5.69. The number of nitrogens with zero attached hydrogens (tertiary/aromatic N) is 1. The third-order valence-electron chi connectivity index (χ3n) is 3.95. The molecule has 1 fully saturated rings. The van der Waals surface area contributed by atoms with Crippen molar-refractivity contribution < 1.29 is 9.53 Å². The van der Waals surface area contributed by atoms with Crippen molar-refractivity contribution in [2.24, 2.45) is 0 Å². The van der Waals surface area contributed by atoms with Crippen molar-refractivity contribution >= 4 is 22.5 Å². The van der Waals surface area contributed by atoms with E-state index < -0.39 is 0 Å². The highest BCUT2D eigenvalue weighted by atomic mass is 16.5. The zero-order valence-electron chi connectivity index (χ0n) is 12.0. The standard InChI is InChI=1S/C16H19N3O2/c1-10(14-7-4-8-21-14)19-16(20)13-9-18-15(17)12-6-3-2-5-11(12)13/h2-3,5-6,9-10,14H,4,7-8H2,1H3,(H2,17,18)(H,19,20). The first-order valence-electron chi connectivity index (χ1n) is 7.22. The summed E-state index contributed by atoms with van der Waals surface area (Å²) in [4.78, 5) is 16.6. The number of ether oxygens (including phenoxy) is 1. The van der Waals surface area contributed by atoms with E-state index in [1.165, 1.54) is 6.20 Å². The van der Waals surface area contributed by atoms with Crippen LogP contribution in [0.3, 0.4) is 0 Å². The molecule has 2 unspecified atom stereocenters. The molecule has 0 spiro atoms. The molecule has 1 saturated heterocycles. The average Bonchev–Trinajstić information content (AvgIpc) is 3.02. The Kier molecular flexibility index (Phi) is 3.75. The minimum absolute atomic E-state index is 0.0173. The maximum Gasteiger partial charge on any atom is 0.253 e. The number of nitrogen functional groups attached to an aromatic ring is 1. The Morgan fingerprint density at radius 2 is 2.19 bits per heavy atom. The third-order valence-corrected chi connectivity index (χ3v) is 3.95. The van der Waals surface area contributed by atoms with Crippen LogP contribution in [0.15, 0.2) is 30.5 Å². The normalized spacial score (nSPS) is 19.6. The lowest BCUT2D eigenvalue weighted by Gasteiger charge is -2.20. The van der Waals surface area contributed by atoms with E-state index in [0.29, 0.717) is 11.4 Å². The fraction of sp³-hybridized carbons (Fsp3) is 0.375. The van der Waals surface area contributed by atoms with Gasteiger partial charge in [0.25, 0.3) is 5.91 Å². The highest BCUT2D eigenvalue weighted by Crippen LogP contribution is 2.23. The van der Waals surface area contributed by atoms with Crippen LogP contribution in [0.4, 0.5) is 5.82 Å². The number of nitrogens with one attached hydrogen (secondary N) is 1. The molecule has 1 aliphatic heterocycles. The number of carbonyl (C=O) groups is 1. The molecule has 1 aliphatic rings. The molecular formula is C16H19N3O2. The summed E-state index contributed by atoms with van der Waals surface area (Å²) >= 11 is 0. The number of benzene rings is 1. The zero-order valence-corrected chi connectivity index (χ0v) is 12.0. The molecule has 110 valence electrons. The molecule has 2 heterocycles. The molecule has 1 aromatic heterocycles. The van der Waals surface area contributed by atoms with Crippen molar-refractivity contribution in [1.29, 1.82) is 0 Å². The van der Waals surface area contributed by atoms with Crippen molar-refractivity contribution in [3.05, 3.63) is 36.0 Å². The molecular weight excluding hydrogens is 266 g/mol. The van der Waals surface area contributed by atoms with Gasteiger partial charge in [0.2, 0.25) is 0 Å². The minimum Gasteiger partial charge on any atom is -0.383 e. The summed E-state index contributed by atoms with van der Waals surface area (Å²) in [6, 6.07) is 7.52. The van der Waals surface area contributed by atoms with Gasteiger partial charge in [0.15, 0.2) is 0 Å². The van der Waals surface area contributed by atoms with Crippen molar-refractivity contribution in [2.45, 2.75) is 31.9 Å². The highest BCUT2D eigenvalue weighted by Gasteiger charge is 2.24. The molecule has 0 bridgehead atoms. The topological polar surface area (TPSA) is 77.2 Å². The molecule has 3 N–H and O–H groups in total. The van der Waals surface area contributed by atoms with Crippen LogP contribution in [-0.2, 0) is 4.74 Å². The first-order valence-corrected chi connectivity index (χ1v) is 7.22. The van der Waals surface area contributed by atoms with Gasteiger partial charge < -0.3 is 15.8 Å². The lowest BCUT2D eigenvalue weighted by Crippen LogP contribution is -2.40. The van der Waals surface area contributed by atoms with Gasteiger partial charge in [-0.25, -0.2) is 4.98 Å². The number of hydrogen-bond donors (Lipinski definition) is 2. The van der Waals surface area contributed by atoms with E-state index >= 15 is 0 Å². The molecule has 0 aliphatic carbocycles. The lowest BCUT2D eigenvalue weighted by atomic mass is 10.1. The molecule has 5 heteroatoms. The number of rotatable bonds is 3. The number of hydrogen-bond acceptors (Lipinski definition) is 4. The second-order valence-corrected chi connectivity index (χ2v) is 5.42. The van der Waals surface area contributed by atoms with Gasteiger partial charge in [-0.1, -0.05) is 24.3 Å². The summed E-state index contributed by atoms with van der Waals surface area (Å²) < 4.78 is 5.61. The van der Waals surface area contributed by atoms with E-state index in [1.54, 1.807) is 0 Å². The summed E-state index contributed by atoms with van der Waals surface area (Å²) in [5.74, 6) is 0.302. The predicted molar refractivity (Wildman–Crippen MR) is 82.1 cm³/mol. The second-order valence-electron chi connectivity index (χ2n) is 5.42. The van der Waals surface area contributed by atoms with E-state index in [1.807, 2.05) is 31.2 Å². The molecule has 2 aromatic rings. The first kappa shape index (κ1) is 13.8. The van der Waals surface area contributed by atoms with Crippen molar-refractivity contribution in [3.8, 4) is 0 Å². The molecule has 21 heavy (non-hydrogen) atoms. The quantitative estimate of drug-likeness (QED) is 0.905. The minimum atomic E-state index is -0.137. The molecule has 0 radical (unpaired) electrons. The lowest BCUT2D eigenvalue weighted by molar-refractivity contribution is 0.0713. The van der Waals surface area contributed by atoms with Gasteiger partial charge in [0, 0.05) is 18.2 Å². The SMILES string of the molecule is CC(NC(=O)c1cnc(N)c2ccccc12)C1CCCO1. The third kappa shape index (κ3) is 2.69. The van der Waals surface area contributed by atoms with Crippen LogP contribution in [0.5, 0.6) is 0 Å². The van der Waals surface area contributed by atoms with Crippen LogP contribution in [0.1, 0.15) is 30.1 Å². The molecule has 3 rings (SSSR count). The average molecular weight is 285 g/mol. The Hall–Kier alpha value is -2.14. The molecule has 1 amide bonds. The first-order chi connectivity index (χ1) is 10.2. The van der Waals surface area contributed by atoms with E-state index in [4.69, 9.17) is 10.5 Å². The number of anilines is 1. The van der Waals surface area contributed by atoms with Crippen LogP contribution < -0.4 is 11.1 Å². The van der Waals surface area contributed by atoms with Crippen LogP contribution in [0, 0.1) is 0 Å². The van der Waals surface area contributed by atoms with Gasteiger partial charge in [-0.15, -0.1) is 0 Å². The van der Waals surface area contributed by atoms with Crippen LogP contribution in [-0.4, -0.2) is 29.6 Å². The van der Waals surface area contributed by atoms with Crippen LogP contribution in [0.25, 0.3) is 10.8 Å². The smallest absolute Gasteiger partial charge is 0.253 e. The number of amides is 1. The van der Waals surface area contributed by atoms with Crippen LogP contribution in [0.2, 0.25) is 0 Å². The fourth-order valence-electron chi connectivity index (χ4n) is 2.77. The predicted octanol–water partition coefficient (Wildman–Crippen LogP) is 2.11. The summed E-state index contributed by atoms with van der Waals surface area (Å²) in [5, 5.41) is 4.63. The van der Waals surface area contributed by atoms with E-state index in [-0.39, 0.29) is 18.1 Å². The van der Waals surface area contributed by atoms with Crippen molar-refractivity contribution in [3.63, 3.8) is 0 Å². The largest absolute Gasteiger partial charge is 0.383 e. The molecule has 5 nitrogen and oxygen atoms in total. The molecule has 1 aromatic carbocycles. The van der Waals surface area contributed by atoms with Crippen molar-refractivity contribution in [1.82, 2.24) is 10.3 Å². The van der Waals surface area contributed by atoms with Crippen LogP contribution >= 0.6 is 0 Å². The summed E-state index contributed by atoms with van der Waals surface area (Å²) in [5.41, 5.74) is 6.41. The van der Waals surface area contributed by atoms with E-state index in [2.05, 4.69) is 10.3 Å². The number of fused-ring (bicyclic) bond motifs is 1. The molecule has 2 atom stereocenters. The van der Waals surface area contributed by atoms with Gasteiger partial charge in [-0.3, -0.25) is 4.79 Å². The summed E-state index contributed by atoms with van der Waals surface area (Å²) in [7, 11) is 0. The summed E-state index contributed by atoms with van der Waals surface area (Å²) in [6.07, 6.45) is 3.68. The number of nitrogens with two attached hydrogens (primary N) is 1. The monoisotopic (exact) mass is 285 g/mol. The van der Waals surface area contributed by atoms with Gasteiger partial charge in [0.1, 0.15) is 5.82 Å². The van der Waals surface area contributed by atoms with E-state index in [9.17, 15) is 4.79 Å². The van der Waals surface area contributed by atoms with Gasteiger partial charge in [-0.2, -0.15) is 0 Å². The maximum absolute atomic E-state index is 12.5. The Morgan fingerprint density at radius 1 is 1.43 bits per heavy atom. The van der Waals surface area contributed by atoms with Gasteiger partial charge in [0.05, 0.1) is 17.7 Å². The van der Waals surface area contributed by atoms with Crippen molar-refractivity contribution in [2.75, 3.05) is 12.3 Å². The molecule has 0 saturated carbocycles. The Bertz CT molecular complexity index is 666. The Labute approximate surface area is 123 Å². The maximum atomic E-state index is 12.5. The van der Waals surface area contributed by atoms with Gasteiger partial charge in [-0.05, 0) is 25.2 Å². The number of pyridine rings is 1. The van der Waals surface area contributed by atoms with Gasteiger partial charge >= 0.3 is 0 Å². The number of carbonyl (C=O) groups excluding carboxylic acids is 1. The Morgan fingerprint density at radius 3 is 2.90 bits per heavy atom. The number of aromatic nitrogens is 1. The highest BCUT2D eigenvalue weighted by molar-refractivity contribution is 6.09. The zero-order chi connectivity index (χ0) is 14.8. The summed E-state index contributed by atoms with van der Waals surface area (Å²) in [6.45, 7) is 2.75. The fourth-order valence-corrected chi connectivity index (χ4v) is 2.77. The Balaban J connectivity index is 1.86.